The zero-order chi connectivity index (χ0) is 15.2. The minimum absolute atomic E-state index is 0.596. The van der Waals surface area contributed by atoms with E-state index in [1.54, 1.807) is 0 Å². The molecule has 0 N–H and O–H groups in total. The highest BCUT2D eigenvalue weighted by Gasteiger charge is 2.00. The normalized spacial score (nSPS) is 13.2. The molecule has 1 rings (SSSR count). The summed E-state index contributed by atoms with van der Waals surface area (Å²) in [5.74, 6) is 0.596. The molecule has 0 aliphatic rings. The van der Waals surface area contributed by atoms with Crippen LogP contribution < -0.4 is 0 Å². The molecule has 1 aromatic rings. The molecule has 0 radical (unpaired) electrons. The second-order valence-corrected chi connectivity index (χ2v) is 5.85. The van der Waals surface area contributed by atoms with Crippen molar-refractivity contribution in [2.45, 2.75) is 65.2 Å². The van der Waals surface area contributed by atoms with Crippen molar-refractivity contribution in [3.63, 3.8) is 0 Å². The van der Waals surface area contributed by atoms with E-state index >= 15 is 0 Å². The molecule has 0 saturated heterocycles. The molecule has 1 aromatic carbocycles. The number of allylic oxidation sites excluding steroid dienone is 3. The number of hydrogen-bond acceptors (Lipinski definition) is 0. The molecule has 0 bridgehead atoms. The standard InChI is InChI=1S/C21H32/c1-3-5-7-8-11-15-20(14-10-6-4-2)18-19-21-16-12-9-13-17-21/h9,11-13,15-20H,3-8,10,14H2,1-2H3/b15-11-,19-18+. The molecular formula is C21H32. The highest BCUT2D eigenvalue weighted by atomic mass is 14.1. The van der Waals surface area contributed by atoms with Crippen LogP contribution in [0.15, 0.2) is 48.6 Å². The van der Waals surface area contributed by atoms with Crippen molar-refractivity contribution in [2.24, 2.45) is 5.92 Å². The Morgan fingerprint density at radius 1 is 0.857 bits per heavy atom. The summed E-state index contributed by atoms with van der Waals surface area (Å²) in [6.07, 6.45) is 19.9. The van der Waals surface area contributed by atoms with Crippen LogP contribution in [-0.2, 0) is 0 Å². The minimum atomic E-state index is 0.596. The molecule has 0 aromatic heterocycles. The third-order valence-electron chi connectivity index (χ3n) is 3.83. The summed E-state index contributed by atoms with van der Waals surface area (Å²) in [6.45, 7) is 4.54. The molecule has 0 fully saturated rings. The van der Waals surface area contributed by atoms with Gasteiger partial charge in [-0.2, -0.15) is 0 Å². The lowest BCUT2D eigenvalue weighted by Crippen LogP contribution is -1.92. The van der Waals surface area contributed by atoms with Gasteiger partial charge in [0.1, 0.15) is 0 Å². The molecule has 0 heterocycles. The second-order valence-electron chi connectivity index (χ2n) is 5.85. The molecule has 0 spiro atoms. The third-order valence-corrected chi connectivity index (χ3v) is 3.83. The third kappa shape index (κ3) is 9.28. The lowest BCUT2D eigenvalue weighted by Gasteiger charge is -2.07. The van der Waals surface area contributed by atoms with Crippen LogP contribution in [0.25, 0.3) is 6.08 Å². The first-order valence-corrected chi connectivity index (χ1v) is 8.76. The minimum Gasteiger partial charge on any atom is -0.0879 e. The highest BCUT2D eigenvalue weighted by Crippen LogP contribution is 2.16. The van der Waals surface area contributed by atoms with E-state index in [1.165, 1.54) is 56.9 Å². The van der Waals surface area contributed by atoms with Gasteiger partial charge in [-0.1, -0.05) is 101 Å². The lowest BCUT2D eigenvalue weighted by atomic mass is 9.98. The van der Waals surface area contributed by atoms with Gasteiger partial charge in [0.25, 0.3) is 0 Å². The van der Waals surface area contributed by atoms with Gasteiger partial charge in [0.05, 0.1) is 0 Å². The summed E-state index contributed by atoms with van der Waals surface area (Å²) in [7, 11) is 0. The first-order valence-electron chi connectivity index (χ1n) is 8.76. The van der Waals surface area contributed by atoms with E-state index in [-0.39, 0.29) is 0 Å². The SMILES string of the molecule is CCCCC/C=C\C(/C=C/c1ccccc1)CCCCC. The first kappa shape index (κ1) is 17.8. The monoisotopic (exact) mass is 284 g/mol. The predicted molar refractivity (Wildman–Crippen MR) is 96.4 cm³/mol. The summed E-state index contributed by atoms with van der Waals surface area (Å²) in [5, 5.41) is 0. The van der Waals surface area contributed by atoms with Crippen molar-refractivity contribution in [3.8, 4) is 0 Å². The van der Waals surface area contributed by atoms with Crippen molar-refractivity contribution in [1.29, 1.82) is 0 Å². The fourth-order valence-electron chi connectivity index (χ4n) is 2.47. The van der Waals surface area contributed by atoms with Crippen LogP contribution in [0.1, 0.15) is 70.8 Å². The fraction of sp³-hybridized carbons (Fsp3) is 0.524. The van der Waals surface area contributed by atoms with Crippen LogP contribution in [-0.4, -0.2) is 0 Å². The van der Waals surface area contributed by atoms with Crippen LogP contribution >= 0.6 is 0 Å². The van der Waals surface area contributed by atoms with Gasteiger partial charge < -0.3 is 0 Å². The molecule has 0 nitrogen and oxygen atoms in total. The van der Waals surface area contributed by atoms with Gasteiger partial charge in [0.15, 0.2) is 0 Å². The van der Waals surface area contributed by atoms with Crippen LogP contribution in [0.4, 0.5) is 0 Å². The van der Waals surface area contributed by atoms with E-state index in [9.17, 15) is 0 Å². The number of hydrogen-bond donors (Lipinski definition) is 0. The molecule has 0 heteroatoms. The topological polar surface area (TPSA) is 0 Å². The summed E-state index contributed by atoms with van der Waals surface area (Å²) >= 11 is 0. The zero-order valence-corrected chi connectivity index (χ0v) is 13.9. The van der Waals surface area contributed by atoms with Crippen LogP contribution in [0.2, 0.25) is 0 Å². The van der Waals surface area contributed by atoms with E-state index in [4.69, 9.17) is 0 Å². The Hall–Kier alpha value is -1.30. The largest absolute Gasteiger partial charge is 0.0879 e. The number of rotatable bonds is 11. The quantitative estimate of drug-likeness (QED) is 0.302. The summed E-state index contributed by atoms with van der Waals surface area (Å²) in [5.41, 5.74) is 1.30. The average Bonchev–Trinajstić information content (AvgIpc) is 2.53. The van der Waals surface area contributed by atoms with E-state index in [1.807, 2.05) is 0 Å². The van der Waals surface area contributed by atoms with Crippen LogP contribution in [0.5, 0.6) is 0 Å². The first-order chi connectivity index (χ1) is 10.4. The number of benzene rings is 1. The van der Waals surface area contributed by atoms with Crippen LogP contribution in [0, 0.1) is 5.92 Å². The second kappa shape index (κ2) is 12.4. The van der Waals surface area contributed by atoms with E-state index in [2.05, 4.69) is 68.5 Å². The van der Waals surface area contributed by atoms with Crippen molar-refractivity contribution in [3.05, 3.63) is 54.1 Å². The Bertz CT molecular complexity index is 386. The molecular weight excluding hydrogens is 252 g/mol. The van der Waals surface area contributed by atoms with Gasteiger partial charge in [-0.15, -0.1) is 0 Å². The molecule has 0 saturated carbocycles. The van der Waals surface area contributed by atoms with Gasteiger partial charge in [-0.25, -0.2) is 0 Å². The molecule has 0 aliphatic carbocycles. The summed E-state index contributed by atoms with van der Waals surface area (Å²) < 4.78 is 0. The maximum absolute atomic E-state index is 2.42. The van der Waals surface area contributed by atoms with Crippen LogP contribution in [0.3, 0.4) is 0 Å². The van der Waals surface area contributed by atoms with Crippen molar-refractivity contribution in [2.75, 3.05) is 0 Å². The number of unbranched alkanes of at least 4 members (excludes halogenated alkanes) is 5. The fourth-order valence-corrected chi connectivity index (χ4v) is 2.47. The Morgan fingerprint density at radius 3 is 2.29 bits per heavy atom. The molecule has 21 heavy (non-hydrogen) atoms. The molecule has 0 aliphatic heterocycles. The average molecular weight is 284 g/mol. The highest BCUT2D eigenvalue weighted by molar-refractivity contribution is 5.49. The Morgan fingerprint density at radius 2 is 1.57 bits per heavy atom. The maximum atomic E-state index is 2.42. The van der Waals surface area contributed by atoms with Gasteiger partial charge in [-0.05, 0) is 30.7 Å². The van der Waals surface area contributed by atoms with Gasteiger partial charge in [-0.3, -0.25) is 0 Å². The van der Waals surface area contributed by atoms with Crippen molar-refractivity contribution >= 4 is 6.08 Å². The molecule has 0 amide bonds. The molecule has 1 atom stereocenters. The Balaban J connectivity index is 2.48. The smallest absolute Gasteiger partial charge is 0.00502 e. The molecule has 116 valence electrons. The summed E-state index contributed by atoms with van der Waals surface area (Å²) in [4.78, 5) is 0. The lowest BCUT2D eigenvalue weighted by molar-refractivity contribution is 0.610. The molecule has 1 unspecified atom stereocenters. The Labute approximate surface area is 132 Å². The van der Waals surface area contributed by atoms with E-state index in [0.717, 1.165) is 0 Å². The van der Waals surface area contributed by atoms with E-state index in [0.29, 0.717) is 5.92 Å². The van der Waals surface area contributed by atoms with Gasteiger partial charge in [0.2, 0.25) is 0 Å². The van der Waals surface area contributed by atoms with Crippen molar-refractivity contribution in [1.82, 2.24) is 0 Å². The summed E-state index contributed by atoms with van der Waals surface area (Å²) in [6, 6.07) is 10.6. The maximum Gasteiger partial charge on any atom is -0.00502 e. The van der Waals surface area contributed by atoms with Crippen molar-refractivity contribution < 1.29 is 0 Å². The van der Waals surface area contributed by atoms with Gasteiger partial charge >= 0.3 is 0 Å². The van der Waals surface area contributed by atoms with Gasteiger partial charge in [0, 0.05) is 0 Å². The predicted octanol–water partition coefficient (Wildman–Crippen LogP) is 7.03. The Kier molecular flexibility index (Phi) is 10.5. The van der Waals surface area contributed by atoms with E-state index < -0.39 is 0 Å². The zero-order valence-electron chi connectivity index (χ0n) is 13.9.